The van der Waals surface area contributed by atoms with E-state index in [0.717, 1.165) is 5.82 Å². The van der Waals surface area contributed by atoms with E-state index in [0.29, 0.717) is 35.3 Å². The van der Waals surface area contributed by atoms with E-state index in [2.05, 4.69) is 51.0 Å². The second-order valence-electron chi connectivity index (χ2n) is 9.43. The van der Waals surface area contributed by atoms with Gasteiger partial charge in [-0.1, -0.05) is 27.7 Å². The quantitative estimate of drug-likeness (QED) is 0.352. The predicted molar refractivity (Wildman–Crippen MR) is 133 cm³/mol. The van der Waals surface area contributed by atoms with E-state index in [9.17, 15) is 4.79 Å². The van der Waals surface area contributed by atoms with Crippen molar-refractivity contribution in [3.05, 3.63) is 24.3 Å². The minimum atomic E-state index is -1.13. The van der Waals surface area contributed by atoms with Crippen LogP contribution in [0, 0.1) is 5.92 Å². The normalized spacial score (nSPS) is 14.3. The summed E-state index contributed by atoms with van der Waals surface area (Å²) in [7, 11) is 2.94. The van der Waals surface area contributed by atoms with Gasteiger partial charge in [0.1, 0.15) is 22.8 Å². The molecule has 0 spiro atoms. The zero-order chi connectivity index (χ0) is 26.0. The third kappa shape index (κ3) is 5.32. The molecular weight excluding hydrogens is 450 g/mol. The summed E-state index contributed by atoms with van der Waals surface area (Å²) in [6, 6.07) is 1.77. The summed E-state index contributed by atoms with van der Waals surface area (Å²) in [5.41, 5.74) is 12.3. The number of imidazole rings is 1. The average molecular weight is 484 g/mol. The molecule has 1 unspecified atom stereocenters. The number of carbonyl (C=O) groups is 1. The Labute approximate surface area is 204 Å². The molecule has 0 saturated carbocycles. The van der Waals surface area contributed by atoms with Gasteiger partial charge < -0.3 is 31.2 Å². The number of hydrogen-bond donors (Lipinski definition) is 4. The van der Waals surface area contributed by atoms with Gasteiger partial charge in [0.05, 0.1) is 24.7 Å². The summed E-state index contributed by atoms with van der Waals surface area (Å²) in [6.45, 7) is 10.0. The van der Waals surface area contributed by atoms with Crippen molar-refractivity contribution >= 4 is 17.7 Å². The highest BCUT2D eigenvalue weighted by atomic mass is 16.5. The lowest BCUT2D eigenvalue weighted by atomic mass is 9.90. The molecule has 0 bridgehead atoms. The lowest BCUT2D eigenvalue weighted by Crippen LogP contribution is -2.50. The molecular formula is C23H33N9O3. The van der Waals surface area contributed by atoms with Gasteiger partial charge in [-0.2, -0.15) is 0 Å². The fourth-order valence-electron chi connectivity index (χ4n) is 3.31. The SMILES string of the molecule is COc1nc(-c2nc(C(C)(C)C)[nH]c2-c2ccnc(NC[C@H](C)C(C)(OC)C(N)=O)n2)cnc1N. The van der Waals surface area contributed by atoms with Crippen LogP contribution in [-0.2, 0) is 14.9 Å². The Morgan fingerprint density at radius 2 is 1.86 bits per heavy atom. The number of nitrogen functional groups attached to an aromatic ring is 1. The van der Waals surface area contributed by atoms with Crippen LogP contribution in [0.5, 0.6) is 5.88 Å². The molecule has 3 aromatic heterocycles. The number of H-pyrrole nitrogens is 1. The minimum absolute atomic E-state index is 0.186. The molecule has 3 heterocycles. The highest BCUT2D eigenvalue weighted by molar-refractivity contribution is 5.83. The zero-order valence-corrected chi connectivity index (χ0v) is 21.1. The molecule has 1 amide bonds. The van der Waals surface area contributed by atoms with Crippen LogP contribution in [-0.4, -0.2) is 62.2 Å². The van der Waals surface area contributed by atoms with Gasteiger partial charge in [0, 0.05) is 31.2 Å². The first kappa shape index (κ1) is 25.8. The van der Waals surface area contributed by atoms with Crippen molar-refractivity contribution in [2.45, 2.75) is 45.6 Å². The first-order valence-electron chi connectivity index (χ1n) is 11.1. The summed E-state index contributed by atoms with van der Waals surface area (Å²) < 4.78 is 10.6. The number of aromatic amines is 1. The third-order valence-corrected chi connectivity index (χ3v) is 5.95. The van der Waals surface area contributed by atoms with Crippen LogP contribution in [0.3, 0.4) is 0 Å². The summed E-state index contributed by atoms with van der Waals surface area (Å²) in [6.07, 6.45) is 3.18. The second kappa shape index (κ2) is 9.82. The molecule has 0 aliphatic rings. The molecule has 0 radical (unpaired) electrons. The number of hydrogen-bond acceptors (Lipinski definition) is 10. The van der Waals surface area contributed by atoms with E-state index < -0.39 is 11.5 Å². The van der Waals surface area contributed by atoms with Gasteiger partial charge >= 0.3 is 0 Å². The van der Waals surface area contributed by atoms with Gasteiger partial charge in [-0.15, -0.1) is 0 Å². The van der Waals surface area contributed by atoms with Crippen LogP contribution in [0.1, 0.15) is 40.4 Å². The van der Waals surface area contributed by atoms with Crippen LogP contribution >= 0.6 is 0 Å². The highest BCUT2D eigenvalue weighted by Crippen LogP contribution is 2.33. The maximum absolute atomic E-state index is 11.9. The average Bonchev–Trinajstić information content (AvgIpc) is 3.28. The predicted octanol–water partition coefficient (Wildman–Crippen LogP) is 2.15. The maximum atomic E-state index is 11.9. The van der Waals surface area contributed by atoms with Gasteiger partial charge in [0.15, 0.2) is 5.82 Å². The molecule has 3 aromatic rings. The standard InChI is InChI=1S/C23H33N9O3/c1-12(23(5,35-7)19(25)33)10-28-21-26-9-8-13(30-21)15-16(32-20(31-15)22(2,3)4)14-11-27-17(24)18(29-14)34-6/h8-9,11-12H,10H2,1-7H3,(H2,24,27)(H2,25,33)(H,31,32)(H,26,28,30)/t12-,23?/m0/s1. The van der Waals surface area contributed by atoms with Crippen molar-refractivity contribution < 1.29 is 14.3 Å². The van der Waals surface area contributed by atoms with Crippen LogP contribution in [0.2, 0.25) is 0 Å². The third-order valence-electron chi connectivity index (χ3n) is 5.95. The summed E-state index contributed by atoms with van der Waals surface area (Å²) in [5, 5.41) is 3.16. The lowest BCUT2D eigenvalue weighted by molar-refractivity contribution is -0.143. The molecule has 12 heteroatoms. The Kier molecular flexibility index (Phi) is 7.25. The van der Waals surface area contributed by atoms with Gasteiger partial charge in [-0.05, 0) is 13.0 Å². The zero-order valence-electron chi connectivity index (χ0n) is 21.1. The van der Waals surface area contributed by atoms with Crippen molar-refractivity contribution in [1.29, 1.82) is 0 Å². The molecule has 6 N–H and O–H groups in total. The van der Waals surface area contributed by atoms with Crippen LogP contribution in [0.4, 0.5) is 11.8 Å². The highest BCUT2D eigenvalue weighted by Gasteiger charge is 2.37. The van der Waals surface area contributed by atoms with E-state index in [1.54, 1.807) is 25.4 Å². The molecule has 2 atom stereocenters. The first-order valence-corrected chi connectivity index (χ1v) is 11.1. The minimum Gasteiger partial charge on any atom is -0.478 e. The van der Waals surface area contributed by atoms with Crippen molar-refractivity contribution in [2.75, 3.05) is 31.8 Å². The largest absolute Gasteiger partial charge is 0.478 e. The monoisotopic (exact) mass is 483 g/mol. The summed E-state index contributed by atoms with van der Waals surface area (Å²) >= 11 is 0. The molecule has 0 fully saturated rings. The molecule has 3 rings (SSSR count). The van der Waals surface area contributed by atoms with Crippen LogP contribution < -0.4 is 21.5 Å². The van der Waals surface area contributed by atoms with Crippen molar-refractivity contribution in [3.63, 3.8) is 0 Å². The topological polar surface area (TPSA) is 180 Å². The Bertz CT molecular complexity index is 1210. The van der Waals surface area contributed by atoms with Crippen molar-refractivity contribution in [2.24, 2.45) is 11.7 Å². The second-order valence-corrected chi connectivity index (χ2v) is 9.43. The number of nitrogens with two attached hydrogens (primary N) is 2. The molecule has 0 aliphatic heterocycles. The van der Waals surface area contributed by atoms with E-state index in [1.807, 2.05) is 6.92 Å². The number of carbonyl (C=O) groups excluding carboxylic acids is 1. The molecule has 12 nitrogen and oxygen atoms in total. The number of methoxy groups -OCH3 is 2. The number of rotatable bonds is 9. The van der Waals surface area contributed by atoms with E-state index in [4.69, 9.17) is 25.9 Å². The van der Waals surface area contributed by atoms with Crippen molar-refractivity contribution in [3.8, 4) is 28.7 Å². The first-order chi connectivity index (χ1) is 16.4. The maximum Gasteiger partial charge on any atom is 0.257 e. The number of aromatic nitrogens is 6. The van der Waals surface area contributed by atoms with Crippen molar-refractivity contribution in [1.82, 2.24) is 29.9 Å². The van der Waals surface area contributed by atoms with E-state index >= 15 is 0 Å². The Hall–Kier alpha value is -3.80. The summed E-state index contributed by atoms with van der Waals surface area (Å²) in [5.74, 6) is 0.732. The number of amides is 1. The number of nitrogens with zero attached hydrogens (tertiary/aromatic N) is 5. The van der Waals surface area contributed by atoms with Gasteiger partial charge in [-0.3, -0.25) is 4.79 Å². The van der Waals surface area contributed by atoms with Gasteiger partial charge in [-0.25, -0.2) is 24.9 Å². The number of nitrogens with one attached hydrogen (secondary N) is 2. The Balaban J connectivity index is 1.99. The molecule has 0 aliphatic carbocycles. The van der Waals surface area contributed by atoms with Gasteiger partial charge in [0.25, 0.3) is 5.88 Å². The molecule has 35 heavy (non-hydrogen) atoms. The fourth-order valence-corrected chi connectivity index (χ4v) is 3.31. The number of anilines is 2. The van der Waals surface area contributed by atoms with E-state index in [1.165, 1.54) is 14.2 Å². The fraction of sp³-hybridized carbons (Fsp3) is 0.478. The number of primary amides is 1. The molecule has 188 valence electrons. The number of ether oxygens (including phenoxy) is 2. The Morgan fingerprint density at radius 3 is 2.46 bits per heavy atom. The van der Waals surface area contributed by atoms with Crippen LogP contribution in [0.15, 0.2) is 18.5 Å². The molecule has 0 saturated heterocycles. The smallest absolute Gasteiger partial charge is 0.257 e. The lowest BCUT2D eigenvalue weighted by Gasteiger charge is -2.31. The summed E-state index contributed by atoms with van der Waals surface area (Å²) in [4.78, 5) is 37.7. The van der Waals surface area contributed by atoms with Gasteiger partial charge in [0.2, 0.25) is 11.9 Å². The Morgan fingerprint density at radius 1 is 1.14 bits per heavy atom. The molecule has 0 aromatic carbocycles. The van der Waals surface area contributed by atoms with Crippen LogP contribution in [0.25, 0.3) is 22.8 Å². The van der Waals surface area contributed by atoms with E-state index in [-0.39, 0.29) is 23.0 Å².